The van der Waals surface area contributed by atoms with Crippen molar-refractivity contribution < 1.29 is 4.21 Å². The van der Waals surface area contributed by atoms with Crippen LogP contribution in [0.1, 0.15) is 66.2 Å². The van der Waals surface area contributed by atoms with Gasteiger partial charge in [-0.15, -0.1) is 24.0 Å². The molecule has 0 aliphatic heterocycles. The number of hydrogen-bond donors (Lipinski definition) is 2. The van der Waals surface area contributed by atoms with Gasteiger partial charge in [0.25, 0.3) is 0 Å². The van der Waals surface area contributed by atoms with Gasteiger partial charge in [0, 0.05) is 40.9 Å². The highest BCUT2D eigenvalue weighted by atomic mass is 127. The van der Waals surface area contributed by atoms with Gasteiger partial charge >= 0.3 is 0 Å². The van der Waals surface area contributed by atoms with Crippen molar-refractivity contribution in [2.45, 2.75) is 77.5 Å². The standard InChI is InChI=1S/C19H40N4OS.HI/c1-5-20-19(21-14-9-10-15-23(6-2)7-3)22-17-12-11-13-18(16-17)25(24)8-4;/h17-18H,5-16H2,1-4H3,(H2,20,21,22);1H. The van der Waals surface area contributed by atoms with Crippen molar-refractivity contribution in [3.05, 3.63) is 0 Å². The van der Waals surface area contributed by atoms with Gasteiger partial charge in [-0.2, -0.15) is 0 Å². The number of nitrogens with zero attached hydrogens (tertiary/aromatic N) is 2. The van der Waals surface area contributed by atoms with Crippen molar-refractivity contribution in [3.8, 4) is 0 Å². The molecule has 0 aromatic heterocycles. The summed E-state index contributed by atoms with van der Waals surface area (Å²) in [5, 5.41) is 7.30. The molecule has 0 saturated heterocycles. The molecular formula is C19H41IN4OS. The molecule has 7 heteroatoms. The van der Waals surface area contributed by atoms with Crippen molar-refractivity contribution in [2.24, 2.45) is 4.99 Å². The second-order valence-corrected chi connectivity index (χ2v) is 8.80. The van der Waals surface area contributed by atoms with Crippen molar-refractivity contribution in [2.75, 3.05) is 38.5 Å². The minimum absolute atomic E-state index is 0. The number of nitrogens with one attached hydrogen (secondary N) is 2. The number of rotatable bonds is 11. The van der Waals surface area contributed by atoms with Crippen molar-refractivity contribution >= 4 is 40.7 Å². The van der Waals surface area contributed by atoms with Crippen LogP contribution in [0.3, 0.4) is 0 Å². The van der Waals surface area contributed by atoms with Crippen LogP contribution < -0.4 is 10.6 Å². The van der Waals surface area contributed by atoms with E-state index in [9.17, 15) is 4.21 Å². The van der Waals surface area contributed by atoms with Crippen LogP contribution >= 0.6 is 24.0 Å². The van der Waals surface area contributed by atoms with Crippen molar-refractivity contribution in [1.82, 2.24) is 15.5 Å². The van der Waals surface area contributed by atoms with Crippen LogP contribution in [-0.2, 0) is 10.8 Å². The smallest absolute Gasteiger partial charge is 0.191 e. The SMILES string of the molecule is CCNC(=NCCCCN(CC)CC)NC1CCCC(S(=O)CC)C1.I. The first-order valence-electron chi connectivity index (χ1n) is 10.3. The number of unbranched alkanes of at least 4 members (excludes halogenated alkanes) is 1. The Morgan fingerprint density at radius 1 is 1.15 bits per heavy atom. The van der Waals surface area contributed by atoms with Gasteiger partial charge < -0.3 is 15.5 Å². The summed E-state index contributed by atoms with van der Waals surface area (Å²) in [5.41, 5.74) is 0. The highest BCUT2D eigenvalue weighted by Gasteiger charge is 2.25. The third-order valence-corrected chi connectivity index (χ3v) is 6.76. The Kier molecular flexibility index (Phi) is 16.2. The van der Waals surface area contributed by atoms with E-state index in [2.05, 4.69) is 36.3 Å². The Morgan fingerprint density at radius 3 is 2.50 bits per heavy atom. The lowest BCUT2D eigenvalue weighted by Crippen LogP contribution is -2.46. The Bertz CT molecular complexity index is 405. The van der Waals surface area contributed by atoms with Crippen LogP contribution in [-0.4, -0.2) is 64.8 Å². The van der Waals surface area contributed by atoms with E-state index >= 15 is 0 Å². The molecule has 1 saturated carbocycles. The summed E-state index contributed by atoms with van der Waals surface area (Å²) >= 11 is 0. The third kappa shape index (κ3) is 10.4. The minimum atomic E-state index is -0.672. The molecule has 1 rings (SSSR count). The molecule has 2 N–H and O–H groups in total. The molecule has 0 heterocycles. The normalized spacial score (nSPS) is 22.0. The summed E-state index contributed by atoms with van der Waals surface area (Å²) in [6.45, 7) is 13.7. The minimum Gasteiger partial charge on any atom is -0.357 e. The molecule has 26 heavy (non-hydrogen) atoms. The molecule has 0 spiro atoms. The Balaban J connectivity index is 0.00000625. The zero-order valence-corrected chi connectivity index (χ0v) is 20.4. The highest BCUT2D eigenvalue weighted by Crippen LogP contribution is 2.22. The summed E-state index contributed by atoms with van der Waals surface area (Å²) in [4.78, 5) is 7.21. The van der Waals surface area contributed by atoms with E-state index in [1.165, 1.54) is 13.0 Å². The van der Waals surface area contributed by atoms with Gasteiger partial charge in [0.1, 0.15) is 0 Å². The molecular weight excluding hydrogens is 459 g/mol. The molecule has 0 bridgehead atoms. The van der Waals surface area contributed by atoms with E-state index in [1.807, 2.05) is 6.92 Å². The van der Waals surface area contributed by atoms with Gasteiger partial charge in [0.15, 0.2) is 5.96 Å². The van der Waals surface area contributed by atoms with E-state index in [0.29, 0.717) is 11.3 Å². The maximum Gasteiger partial charge on any atom is 0.191 e. The fourth-order valence-corrected chi connectivity index (χ4v) is 4.79. The summed E-state index contributed by atoms with van der Waals surface area (Å²) in [6, 6.07) is 0.405. The largest absolute Gasteiger partial charge is 0.357 e. The molecule has 0 radical (unpaired) electrons. The van der Waals surface area contributed by atoms with E-state index in [4.69, 9.17) is 4.99 Å². The topological polar surface area (TPSA) is 56.7 Å². The molecule has 3 atom stereocenters. The van der Waals surface area contributed by atoms with Gasteiger partial charge in [-0.05, 0) is 58.7 Å². The van der Waals surface area contributed by atoms with E-state index < -0.39 is 10.8 Å². The molecule has 1 aliphatic carbocycles. The van der Waals surface area contributed by atoms with Crippen LogP contribution in [0.4, 0.5) is 0 Å². The van der Waals surface area contributed by atoms with Gasteiger partial charge in [-0.1, -0.05) is 27.2 Å². The predicted molar refractivity (Wildman–Crippen MR) is 126 cm³/mol. The fourth-order valence-electron chi connectivity index (χ4n) is 3.44. The average molecular weight is 501 g/mol. The summed E-state index contributed by atoms with van der Waals surface area (Å²) < 4.78 is 12.1. The lowest BCUT2D eigenvalue weighted by molar-refractivity contribution is 0.297. The Labute approximate surface area is 181 Å². The fraction of sp³-hybridized carbons (Fsp3) is 0.947. The van der Waals surface area contributed by atoms with E-state index in [0.717, 1.165) is 70.0 Å². The summed E-state index contributed by atoms with van der Waals surface area (Å²) in [6.07, 6.45) is 6.76. The molecule has 1 fully saturated rings. The van der Waals surface area contributed by atoms with Crippen LogP contribution in [0.2, 0.25) is 0 Å². The van der Waals surface area contributed by atoms with Gasteiger partial charge in [0.05, 0.1) is 0 Å². The van der Waals surface area contributed by atoms with Crippen molar-refractivity contribution in [1.29, 1.82) is 0 Å². The van der Waals surface area contributed by atoms with Crippen LogP contribution in [0.25, 0.3) is 0 Å². The predicted octanol–water partition coefficient (Wildman–Crippen LogP) is 3.36. The molecule has 5 nitrogen and oxygen atoms in total. The quantitative estimate of drug-likeness (QED) is 0.198. The first kappa shape index (κ1) is 26.1. The Hall–Kier alpha value is 0.110. The second kappa shape index (κ2) is 16.1. The lowest BCUT2D eigenvalue weighted by atomic mass is 9.95. The Morgan fingerprint density at radius 2 is 1.88 bits per heavy atom. The highest BCUT2D eigenvalue weighted by molar-refractivity contribution is 14.0. The number of guanidine groups is 1. The van der Waals surface area contributed by atoms with Crippen LogP contribution in [0, 0.1) is 0 Å². The van der Waals surface area contributed by atoms with Crippen LogP contribution in [0.5, 0.6) is 0 Å². The van der Waals surface area contributed by atoms with Gasteiger partial charge in [-0.25, -0.2) is 0 Å². The second-order valence-electron chi connectivity index (χ2n) is 6.79. The van der Waals surface area contributed by atoms with Gasteiger partial charge in [-0.3, -0.25) is 9.20 Å². The van der Waals surface area contributed by atoms with E-state index in [1.54, 1.807) is 0 Å². The molecule has 0 aromatic carbocycles. The van der Waals surface area contributed by atoms with Crippen LogP contribution in [0.15, 0.2) is 4.99 Å². The summed E-state index contributed by atoms with van der Waals surface area (Å²) in [7, 11) is -0.672. The van der Waals surface area contributed by atoms with Gasteiger partial charge in [0.2, 0.25) is 0 Å². The number of halogens is 1. The molecule has 3 unspecified atom stereocenters. The van der Waals surface area contributed by atoms with Crippen molar-refractivity contribution in [3.63, 3.8) is 0 Å². The molecule has 156 valence electrons. The number of hydrogen-bond acceptors (Lipinski definition) is 3. The molecule has 0 aromatic rings. The van der Waals surface area contributed by atoms with E-state index in [-0.39, 0.29) is 24.0 Å². The maximum absolute atomic E-state index is 12.1. The zero-order chi connectivity index (χ0) is 18.5. The molecule has 0 amide bonds. The average Bonchev–Trinajstić information content (AvgIpc) is 2.64. The molecule has 1 aliphatic rings. The lowest BCUT2D eigenvalue weighted by Gasteiger charge is -2.30. The first-order chi connectivity index (χ1) is 12.1. The zero-order valence-electron chi connectivity index (χ0n) is 17.3. The number of aliphatic imine (C=N–C) groups is 1. The first-order valence-corrected chi connectivity index (χ1v) is 11.7. The third-order valence-electron chi connectivity index (χ3n) is 5.01. The maximum atomic E-state index is 12.1. The monoisotopic (exact) mass is 500 g/mol. The summed E-state index contributed by atoms with van der Waals surface area (Å²) in [5.74, 6) is 1.70.